The molecule has 0 spiro atoms. The van der Waals surface area contributed by atoms with Crippen molar-refractivity contribution in [1.82, 2.24) is 0 Å². The summed E-state index contributed by atoms with van der Waals surface area (Å²) in [5, 5.41) is 0. The lowest BCUT2D eigenvalue weighted by Gasteiger charge is -2.31. The first kappa shape index (κ1) is 95.0. The zero-order valence-electron chi connectivity index (χ0n) is 81.7. The van der Waals surface area contributed by atoms with Crippen molar-refractivity contribution >= 4 is 163 Å². The van der Waals surface area contributed by atoms with Gasteiger partial charge in [-0.3, -0.25) is 0 Å². The van der Waals surface area contributed by atoms with E-state index in [0.717, 1.165) is 237 Å². The number of hydrogen-bond donors (Lipinski definition) is 0. The van der Waals surface area contributed by atoms with E-state index in [-0.39, 0.29) is 0 Å². The highest BCUT2D eigenvalue weighted by molar-refractivity contribution is 6.32. The van der Waals surface area contributed by atoms with Gasteiger partial charge in [0.2, 0.25) is 0 Å². The number of unbranched alkanes of at least 4 members (excludes halogenated alkanes) is 6. The molecule has 0 saturated heterocycles. The van der Waals surface area contributed by atoms with E-state index in [1.165, 1.54) is 70.2 Å². The van der Waals surface area contributed by atoms with Gasteiger partial charge in [-0.15, -0.1) is 0 Å². The Balaban J connectivity index is 0.752. The van der Waals surface area contributed by atoms with E-state index in [4.69, 9.17) is 15.7 Å². The summed E-state index contributed by atoms with van der Waals surface area (Å²) in [5.41, 5.74) is 37.1. The predicted octanol–water partition coefficient (Wildman–Crippen LogP) is 35.7. The van der Waals surface area contributed by atoms with Gasteiger partial charge in [0.05, 0.1) is 0 Å². The van der Waals surface area contributed by atoms with Crippen LogP contribution in [0.15, 0.2) is 413 Å². The number of benzene rings is 17. The summed E-state index contributed by atoms with van der Waals surface area (Å²) in [6, 6.07) is 153. The van der Waals surface area contributed by atoms with E-state index >= 15 is 0 Å². The molecular weight excluding hydrogens is 1670 g/mol. The third kappa shape index (κ3) is 23.1. The van der Waals surface area contributed by atoms with Crippen LogP contribution in [0.25, 0.3) is 0 Å². The summed E-state index contributed by atoms with van der Waals surface area (Å²) in [6.45, 7) is 17.9. The molecule has 17 aromatic rings. The van der Waals surface area contributed by atoms with Crippen molar-refractivity contribution < 1.29 is 0 Å². The quantitative estimate of drug-likeness (QED) is 0.0349. The van der Waals surface area contributed by atoms with E-state index in [0.29, 0.717) is 0 Å². The molecule has 0 atom stereocenters. The van der Waals surface area contributed by atoms with Gasteiger partial charge in [-0.25, -0.2) is 0 Å². The molecule has 0 amide bonds. The Kier molecular flexibility index (Phi) is 31.8. The van der Waals surface area contributed by atoms with Gasteiger partial charge in [-0.1, -0.05) is 223 Å². The minimum Gasteiger partial charge on any atom is -0.311 e. The monoisotopic (exact) mass is 1800 g/mol. The Hall–Kier alpha value is -14.7. The molecular formula is C128H128B2N8. The topological polar surface area (TPSA) is 25.9 Å². The minimum atomic E-state index is 0.718. The maximum atomic E-state index is 6.41. The zero-order valence-corrected chi connectivity index (χ0v) is 81.7. The normalized spacial score (nSPS) is 11.2. The Bertz CT molecular complexity index is 6390. The summed E-state index contributed by atoms with van der Waals surface area (Å²) in [6.07, 6.45) is 20.3. The number of rotatable bonds is 42. The number of aryl methyl sites for hydroxylation is 8. The molecule has 0 aliphatic heterocycles. The van der Waals surface area contributed by atoms with E-state index in [9.17, 15) is 0 Å². The standard InChI is InChI=1S/C128H128B2N8/c1-9-15-21-97-31-51-107(52-32-97)133(108-53-33-98(34-54-108)22-16-10-2)119-75-89-126(90-76-119)138(127-91-77-120(78-92-127)134(109-55-35-99(36-56-109)23-17-11-3)110-57-37-100(38-58-110)24-18-12-4)125-87-73-118(74-88-125)132(106-49-29-96(8)30-50-106)117-71-85-124(86-72-117)137(128-93-81-122(82-94-128)136(114-65-45-104(130)46-66-114)112-61-41-102(42-62-112)26-20-14-6)123-83-69-116(70-84-123)131(105-47-27-95(7)28-48-105)115-67-79-121(80-68-115)135(113-63-43-103(129)44-64-113)111-59-39-101(40-60-111)25-19-13-5/h27-94H,9-26H2,1-8H3. The first-order valence-corrected chi connectivity index (χ1v) is 50.3. The number of nitrogens with zero attached hydrogens (tertiary/aromatic N) is 8. The first-order chi connectivity index (χ1) is 67.8. The van der Waals surface area contributed by atoms with Gasteiger partial charge in [-0.05, 0) is 415 Å². The molecule has 8 nitrogen and oxygen atoms in total. The second-order valence-corrected chi connectivity index (χ2v) is 36.8. The van der Waals surface area contributed by atoms with Gasteiger partial charge in [0.25, 0.3) is 0 Å². The molecule has 0 fully saturated rings. The molecule has 686 valence electrons. The average molecular weight is 1800 g/mol. The van der Waals surface area contributed by atoms with Crippen LogP contribution in [0.3, 0.4) is 0 Å². The van der Waals surface area contributed by atoms with Crippen LogP contribution in [0.4, 0.5) is 136 Å². The molecule has 0 aliphatic rings. The zero-order chi connectivity index (χ0) is 95.1. The van der Waals surface area contributed by atoms with Crippen LogP contribution in [-0.4, -0.2) is 15.7 Å². The van der Waals surface area contributed by atoms with Crippen molar-refractivity contribution in [1.29, 1.82) is 0 Å². The Morgan fingerprint density at radius 3 is 0.319 bits per heavy atom. The Morgan fingerprint density at radius 2 is 0.217 bits per heavy atom. The van der Waals surface area contributed by atoms with Gasteiger partial charge in [0.1, 0.15) is 15.7 Å². The predicted molar refractivity (Wildman–Crippen MR) is 596 cm³/mol. The van der Waals surface area contributed by atoms with Crippen LogP contribution in [-0.2, 0) is 38.5 Å². The van der Waals surface area contributed by atoms with Crippen molar-refractivity contribution in [3.05, 3.63) is 457 Å². The number of anilines is 24. The lowest BCUT2D eigenvalue weighted by molar-refractivity contribution is 0.795. The smallest absolute Gasteiger partial charge is 0.113 e. The van der Waals surface area contributed by atoms with E-state index < -0.39 is 0 Å². The van der Waals surface area contributed by atoms with Crippen molar-refractivity contribution in [3.8, 4) is 0 Å². The van der Waals surface area contributed by atoms with Gasteiger partial charge in [0, 0.05) is 136 Å². The largest absolute Gasteiger partial charge is 0.311 e. The molecule has 10 heteroatoms. The Labute approximate surface area is 824 Å². The molecule has 0 saturated carbocycles. The van der Waals surface area contributed by atoms with Crippen LogP contribution in [0, 0.1) is 13.8 Å². The minimum absolute atomic E-state index is 0.718. The molecule has 17 aromatic carbocycles. The van der Waals surface area contributed by atoms with Crippen molar-refractivity contribution in [2.24, 2.45) is 0 Å². The van der Waals surface area contributed by atoms with Crippen molar-refractivity contribution in [2.75, 3.05) is 39.2 Å². The average Bonchev–Trinajstić information content (AvgIpc) is 0.771. The summed E-state index contributed by atoms with van der Waals surface area (Å²) >= 11 is 0. The first-order valence-electron chi connectivity index (χ1n) is 50.3. The second-order valence-electron chi connectivity index (χ2n) is 36.8. The third-order valence-corrected chi connectivity index (χ3v) is 26.5. The highest BCUT2D eigenvalue weighted by Crippen LogP contribution is 2.48. The van der Waals surface area contributed by atoms with Crippen LogP contribution in [0.1, 0.15) is 163 Å². The fourth-order valence-electron chi connectivity index (χ4n) is 18.6. The van der Waals surface area contributed by atoms with Crippen molar-refractivity contribution in [3.63, 3.8) is 0 Å². The van der Waals surface area contributed by atoms with Crippen LogP contribution < -0.4 is 50.1 Å². The van der Waals surface area contributed by atoms with Crippen LogP contribution in [0.2, 0.25) is 0 Å². The van der Waals surface area contributed by atoms with Gasteiger partial charge >= 0.3 is 0 Å². The Morgan fingerprint density at radius 1 is 0.130 bits per heavy atom. The highest BCUT2D eigenvalue weighted by Gasteiger charge is 2.26. The molecule has 0 unspecified atom stereocenters. The molecule has 0 bridgehead atoms. The highest BCUT2D eigenvalue weighted by atomic mass is 15.2. The van der Waals surface area contributed by atoms with E-state index in [1.807, 2.05) is 24.3 Å². The fraction of sp³-hybridized carbons (Fsp3) is 0.203. The molecule has 0 aliphatic carbocycles. The van der Waals surface area contributed by atoms with Crippen molar-refractivity contribution in [2.45, 2.75) is 171 Å². The van der Waals surface area contributed by atoms with Gasteiger partial charge in [-0.2, -0.15) is 0 Å². The SMILES string of the molecule is [B]c1ccc(N(c2ccc(CCCC)cc2)c2ccc(N(c3ccc(C)cc3)c3ccc(N(c4ccc(N(c5ccc([B])cc5)c5ccc(CCCC)cc5)cc4)c4ccc(N(c5ccc(C)cc5)c5ccc(N(c6ccc(N(c7ccc(CCCC)cc7)c7ccc(CCCC)cc7)cc6)c6ccc(N(c7ccc(CCCC)cc7)c7ccc(CCCC)cc7)cc6)cc5)cc4)cc3)cc2)cc1. The summed E-state index contributed by atoms with van der Waals surface area (Å²) in [5.74, 6) is 0. The second kappa shape index (κ2) is 46.2. The lowest BCUT2D eigenvalue weighted by atomic mass is 9.96. The third-order valence-electron chi connectivity index (χ3n) is 26.5. The van der Waals surface area contributed by atoms with Gasteiger partial charge < -0.3 is 39.2 Å². The van der Waals surface area contributed by atoms with Crippen LogP contribution >= 0.6 is 0 Å². The molecule has 0 N–H and O–H groups in total. The fourth-order valence-corrected chi connectivity index (χ4v) is 18.6. The summed E-state index contributed by atoms with van der Waals surface area (Å²) in [7, 11) is 12.7. The van der Waals surface area contributed by atoms with Gasteiger partial charge in [0.15, 0.2) is 0 Å². The van der Waals surface area contributed by atoms with E-state index in [1.54, 1.807) is 0 Å². The molecule has 17 rings (SSSR count). The maximum absolute atomic E-state index is 6.41. The van der Waals surface area contributed by atoms with E-state index in [2.05, 4.69) is 483 Å². The lowest BCUT2D eigenvalue weighted by Crippen LogP contribution is -2.15. The molecule has 4 radical (unpaired) electrons. The molecule has 138 heavy (non-hydrogen) atoms. The maximum Gasteiger partial charge on any atom is 0.113 e. The summed E-state index contributed by atoms with van der Waals surface area (Å²) < 4.78 is 0. The number of hydrogen-bond acceptors (Lipinski definition) is 8. The molecule has 0 aromatic heterocycles. The summed E-state index contributed by atoms with van der Waals surface area (Å²) in [4.78, 5) is 19.0. The van der Waals surface area contributed by atoms with Crippen LogP contribution in [0.5, 0.6) is 0 Å². The molecule has 0 heterocycles.